The van der Waals surface area contributed by atoms with Gasteiger partial charge in [0.15, 0.2) is 0 Å². The van der Waals surface area contributed by atoms with Crippen molar-refractivity contribution in [1.29, 1.82) is 0 Å². The molecule has 0 bridgehead atoms. The van der Waals surface area contributed by atoms with Crippen LogP contribution in [0.2, 0.25) is 0 Å². The largest absolute Gasteiger partial charge is 0.497 e. The van der Waals surface area contributed by atoms with E-state index < -0.39 is 0 Å². The van der Waals surface area contributed by atoms with Crippen LogP contribution in [0.4, 0.5) is 0 Å². The number of hydrogen-bond acceptors (Lipinski definition) is 5. The summed E-state index contributed by atoms with van der Waals surface area (Å²) in [4.78, 5) is 29.0. The van der Waals surface area contributed by atoms with Crippen LogP contribution in [0.15, 0.2) is 59.5 Å². The SMILES string of the molecule is COc1cccc(/C=C2\SC(=S)N(CCCC(=O)N(C)Cc3ccccc3)C2=O)c1. The summed E-state index contributed by atoms with van der Waals surface area (Å²) < 4.78 is 5.75. The number of rotatable bonds is 8. The first-order chi connectivity index (χ1) is 14.5. The van der Waals surface area contributed by atoms with E-state index in [0.717, 1.165) is 16.9 Å². The summed E-state index contributed by atoms with van der Waals surface area (Å²) in [5, 5.41) is 0. The van der Waals surface area contributed by atoms with Crippen molar-refractivity contribution in [2.24, 2.45) is 0 Å². The number of benzene rings is 2. The lowest BCUT2D eigenvalue weighted by Crippen LogP contribution is -2.31. The maximum absolute atomic E-state index is 12.7. The second kappa shape index (κ2) is 10.4. The van der Waals surface area contributed by atoms with Crippen molar-refractivity contribution >= 4 is 46.2 Å². The van der Waals surface area contributed by atoms with Gasteiger partial charge in [-0.2, -0.15) is 0 Å². The lowest BCUT2D eigenvalue weighted by Gasteiger charge is -2.19. The van der Waals surface area contributed by atoms with Gasteiger partial charge in [0, 0.05) is 26.6 Å². The van der Waals surface area contributed by atoms with Crippen molar-refractivity contribution in [2.45, 2.75) is 19.4 Å². The molecule has 0 aliphatic carbocycles. The smallest absolute Gasteiger partial charge is 0.266 e. The van der Waals surface area contributed by atoms with Crippen molar-refractivity contribution in [3.05, 3.63) is 70.6 Å². The van der Waals surface area contributed by atoms with Crippen LogP contribution in [0.5, 0.6) is 5.75 Å². The van der Waals surface area contributed by atoms with E-state index >= 15 is 0 Å². The average Bonchev–Trinajstić information content (AvgIpc) is 3.01. The summed E-state index contributed by atoms with van der Waals surface area (Å²) in [6.07, 6.45) is 2.76. The van der Waals surface area contributed by atoms with Gasteiger partial charge < -0.3 is 9.64 Å². The predicted octanol–water partition coefficient (Wildman–Crippen LogP) is 4.34. The fraction of sp³-hybridized carbons (Fsp3) is 0.261. The fourth-order valence-corrected chi connectivity index (χ4v) is 4.41. The van der Waals surface area contributed by atoms with Gasteiger partial charge in [0.1, 0.15) is 10.1 Å². The quantitative estimate of drug-likeness (QED) is 0.452. The van der Waals surface area contributed by atoms with Crippen LogP contribution in [0.25, 0.3) is 6.08 Å². The first-order valence-electron chi connectivity index (χ1n) is 9.65. The summed E-state index contributed by atoms with van der Waals surface area (Å²) >= 11 is 6.67. The zero-order valence-electron chi connectivity index (χ0n) is 17.0. The minimum atomic E-state index is -0.113. The third-order valence-corrected chi connectivity index (χ3v) is 6.10. The van der Waals surface area contributed by atoms with Crippen LogP contribution in [-0.4, -0.2) is 46.6 Å². The van der Waals surface area contributed by atoms with E-state index in [1.165, 1.54) is 11.8 Å². The Morgan fingerprint density at radius 2 is 1.97 bits per heavy atom. The minimum Gasteiger partial charge on any atom is -0.497 e. The summed E-state index contributed by atoms with van der Waals surface area (Å²) in [5.41, 5.74) is 1.97. The summed E-state index contributed by atoms with van der Waals surface area (Å²) in [6, 6.07) is 17.4. The number of carbonyl (C=O) groups is 2. The summed E-state index contributed by atoms with van der Waals surface area (Å²) in [6.45, 7) is 1.01. The zero-order valence-corrected chi connectivity index (χ0v) is 18.7. The van der Waals surface area contributed by atoms with E-state index in [-0.39, 0.29) is 11.8 Å². The van der Waals surface area contributed by atoms with Crippen molar-refractivity contribution in [3.63, 3.8) is 0 Å². The number of hydrogen-bond donors (Lipinski definition) is 0. The van der Waals surface area contributed by atoms with E-state index in [1.54, 1.807) is 24.0 Å². The molecule has 0 N–H and O–H groups in total. The van der Waals surface area contributed by atoms with Crippen molar-refractivity contribution in [1.82, 2.24) is 9.80 Å². The number of ether oxygens (including phenoxy) is 1. The highest BCUT2D eigenvalue weighted by Crippen LogP contribution is 2.33. The molecule has 1 saturated heterocycles. The molecule has 156 valence electrons. The third-order valence-electron chi connectivity index (χ3n) is 4.73. The molecular weight excluding hydrogens is 416 g/mol. The summed E-state index contributed by atoms with van der Waals surface area (Å²) in [5.74, 6) is 0.673. The first kappa shape index (κ1) is 22.1. The Balaban J connectivity index is 1.53. The highest BCUT2D eigenvalue weighted by Gasteiger charge is 2.31. The van der Waals surface area contributed by atoms with Crippen molar-refractivity contribution in [2.75, 3.05) is 20.7 Å². The number of carbonyl (C=O) groups excluding carboxylic acids is 2. The Morgan fingerprint density at radius 1 is 1.20 bits per heavy atom. The molecular formula is C23H24N2O3S2. The second-order valence-corrected chi connectivity index (χ2v) is 8.62. The molecule has 0 aromatic heterocycles. The monoisotopic (exact) mass is 440 g/mol. The predicted molar refractivity (Wildman–Crippen MR) is 125 cm³/mol. The zero-order chi connectivity index (χ0) is 21.5. The normalized spacial score (nSPS) is 15.0. The number of thiocarbonyl (C=S) groups is 1. The maximum Gasteiger partial charge on any atom is 0.266 e. The lowest BCUT2D eigenvalue weighted by atomic mass is 10.2. The Kier molecular flexibility index (Phi) is 7.65. The standard InChI is InChI=1S/C23H24N2O3S2/c1-24(16-17-8-4-3-5-9-17)21(26)12-7-13-25-22(27)20(30-23(25)29)15-18-10-6-11-19(14-18)28-2/h3-6,8-11,14-15H,7,12-13,16H2,1-2H3/b20-15-. The van der Waals surface area contributed by atoms with Gasteiger partial charge in [0.2, 0.25) is 5.91 Å². The van der Waals surface area contributed by atoms with Crippen LogP contribution >= 0.6 is 24.0 Å². The first-order valence-corrected chi connectivity index (χ1v) is 10.9. The molecule has 1 aliphatic heterocycles. The number of nitrogens with zero attached hydrogens (tertiary/aromatic N) is 2. The van der Waals surface area contributed by atoms with Gasteiger partial charge in [-0.25, -0.2) is 0 Å². The topological polar surface area (TPSA) is 49.9 Å². The Morgan fingerprint density at radius 3 is 2.70 bits per heavy atom. The third kappa shape index (κ3) is 5.70. The van der Waals surface area contributed by atoms with Gasteiger partial charge in [-0.3, -0.25) is 14.5 Å². The van der Waals surface area contributed by atoms with Gasteiger partial charge in [0.05, 0.1) is 12.0 Å². The maximum atomic E-state index is 12.7. The Labute approximate surface area is 186 Å². The number of amides is 2. The molecule has 2 aromatic rings. The molecule has 30 heavy (non-hydrogen) atoms. The van der Waals surface area contributed by atoms with E-state index in [9.17, 15) is 9.59 Å². The van der Waals surface area contributed by atoms with Gasteiger partial charge in [-0.15, -0.1) is 0 Å². The lowest BCUT2D eigenvalue weighted by molar-refractivity contribution is -0.131. The molecule has 0 radical (unpaired) electrons. The molecule has 5 nitrogen and oxygen atoms in total. The van der Waals surface area contributed by atoms with E-state index in [0.29, 0.717) is 35.2 Å². The molecule has 0 saturated carbocycles. The molecule has 3 rings (SSSR count). The van der Waals surface area contributed by atoms with E-state index in [1.807, 2.05) is 60.7 Å². The molecule has 1 heterocycles. The number of thioether (sulfide) groups is 1. The minimum absolute atomic E-state index is 0.0521. The van der Waals surface area contributed by atoms with E-state index in [4.69, 9.17) is 17.0 Å². The van der Waals surface area contributed by atoms with Gasteiger partial charge in [-0.05, 0) is 35.8 Å². The summed E-state index contributed by atoms with van der Waals surface area (Å²) in [7, 11) is 3.41. The Hall–Kier alpha value is -2.64. The van der Waals surface area contributed by atoms with Crippen LogP contribution in [0.1, 0.15) is 24.0 Å². The van der Waals surface area contributed by atoms with Crippen LogP contribution in [0.3, 0.4) is 0 Å². The van der Waals surface area contributed by atoms with Crippen molar-refractivity contribution < 1.29 is 14.3 Å². The van der Waals surface area contributed by atoms with Crippen LogP contribution < -0.4 is 4.74 Å². The molecule has 0 atom stereocenters. The molecule has 2 amide bonds. The molecule has 1 fully saturated rings. The van der Waals surface area contributed by atoms with Gasteiger partial charge >= 0.3 is 0 Å². The van der Waals surface area contributed by atoms with Crippen LogP contribution in [0, 0.1) is 0 Å². The number of methoxy groups -OCH3 is 1. The van der Waals surface area contributed by atoms with Gasteiger partial charge in [0.25, 0.3) is 5.91 Å². The van der Waals surface area contributed by atoms with Gasteiger partial charge in [-0.1, -0.05) is 66.4 Å². The van der Waals surface area contributed by atoms with Crippen molar-refractivity contribution in [3.8, 4) is 5.75 Å². The fourth-order valence-electron chi connectivity index (χ4n) is 3.10. The average molecular weight is 441 g/mol. The van der Waals surface area contributed by atoms with Crippen LogP contribution in [-0.2, 0) is 16.1 Å². The molecule has 0 spiro atoms. The second-order valence-electron chi connectivity index (χ2n) is 6.95. The molecule has 0 unspecified atom stereocenters. The Bertz CT molecular complexity index is 960. The molecule has 7 heteroatoms. The highest BCUT2D eigenvalue weighted by molar-refractivity contribution is 8.26. The molecule has 2 aromatic carbocycles. The molecule has 1 aliphatic rings. The van der Waals surface area contributed by atoms with E-state index in [2.05, 4.69) is 0 Å². The highest BCUT2D eigenvalue weighted by atomic mass is 32.2.